The molecular formula is C9H18OS. The molecule has 0 spiro atoms. The number of aliphatic hydroxyl groups excluding tert-OH is 1. The van der Waals surface area contributed by atoms with Crippen LogP contribution in [0.25, 0.3) is 0 Å². The summed E-state index contributed by atoms with van der Waals surface area (Å²) < 4.78 is 0. The molecule has 0 radical (unpaired) electrons. The van der Waals surface area contributed by atoms with Gasteiger partial charge in [0.2, 0.25) is 0 Å². The van der Waals surface area contributed by atoms with Crippen LogP contribution in [0.3, 0.4) is 0 Å². The summed E-state index contributed by atoms with van der Waals surface area (Å²) in [7, 11) is 0. The second-order valence-corrected chi connectivity index (χ2v) is 5.51. The lowest BCUT2D eigenvalue weighted by atomic mass is 9.96. The minimum absolute atomic E-state index is 0.00635. The maximum Gasteiger partial charge on any atom is 0.0561 e. The van der Waals surface area contributed by atoms with Crippen molar-refractivity contribution < 1.29 is 5.11 Å². The lowest BCUT2D eigenvalue weighted by molar-refractivity contribution is 0.101. The molecule has 0 heterocycles. The highest BCUT2D eigenvalue weighted by Gasteiger charge is 2.29. The minimum Gasteiger partial charge on any atom is -0.393 e. The molecular weight excluding hydrogens is 156 g/mol. The fraction of sp³-hybridized carbons (Fsp3) is 1.00. The van der Waals surface area contributed by atoms with Gasteiger partial charge in [0.1, 0.15) is 0 Å². The predicted octanol–water partition coefficient (Wildman–Crippen LogP) is 2.29. The standard InChI is InChI=1S/C9H18OS/c1-6(2)7(3)11-9-4-8(10)5-9/h6-10H,4-5H2,1-3H3/t7-,8?,9?/m0/s1. The van der Waals surface area contributed by atoms with Crippen molar-refractivity contribution in [2.24, 2.45) is 5.92 Å². The van der Waals surface area contributed by atoms with Crippen LogP contribution in [0, 0.1) is 5.92 Å². The van der Waals surface area contributed by atoms with E-state index in [-0.39, 0.29) is 6.10 Å². The molecule has 0 aromatic carbocycles. The van der Waals surface area contributed by atoms with Crippen LogP contribution in [0.15, 0.2) is 0 Å². The normalized spacial score (nSPS) is 33.5. The fourth-order valence-electron chi connectivity index (χ4n) is 1.11. The molecule has 1 rings (SSSR count). The summed E-state index contributed by atoms with van der Waals surface area (Å²) in [6, 6.07) is 0. The maximum atomic E-state index is 9.06. The van der Waals surface area contributed by atoms with Crippen molar-refractivity contribution in [2.45, 2.75) is 50.2 Å². The second-order valence-electron chi connectivity index (χ2n) is 3.83. The number of hydrogen-bond acceptors (Lipinski definition) is 2. The van der Waals surface area contributed by atoms with E-state index in [0.29, 0.717) is 0 Å². The Morgan fingerprint density at radius 1 is 1.27 bits per heavy atom. The zero-order valence-corrected chi connectivity index (χ0v) is 8.40. The summed E-state index contributed by atoms with van der Waals surface area (Å²) in [5, 5.41) is 10.5. The lowest BCUT2D eigenvalue weighted by Gasteiger charge is -2.33. The molecule has 0 unspecified atom stereocenters. The van der Waals surface area contributed by atoms with Gasteiger partial charge in [0.25, 0.3) is 0 Å². The molecule has 1 saturated carbocycles. The highest BCUT2D eigenvalue weighted by Crippen LogP contribution is 2.36. The quantitative estimate of drug-likeness (QED) is 0.708. The van der Waals surface area contributed by atoms with Crippen LogP contribution >= 0.6 is 11.8 Å². The highest BCUT2D eigenvalue weighted by atomic mass is 32.2. The SMILES string of the molecule is CC(C)[C@H](C)SC1CC(O)C1. The first kappa shape index (κ1) is 9.40. The average Bonchev–Trinajstić information content (AvgIpc) is 1.84. The maximum absolute atomic E-state index is 9.06. The summed E-state index contributed by atoms with van der Waals surface area (Å²) in [6.07, 6.45) is 2.04. The minimum atomic E-state index is 0.00635. The molecule has 0 bridgehead atoms. The van der Waals surface area contributed by atoms with E-state index in [4.69, 9.17) is 5.11 Å². The van der Waals surface area contributed by atoms with Crippen molar-refractivity contribution in [3.63, 3.8) is 0 Å². The molecule has 0 aromatic rings. The Balaban J connectivity index is 2.11. The van der Waals surface area contributed by atoms with Crippen molar-refractivity contribution in [3.8, 4) is 0 Å². The topological polar surface area (TPSA) is 20.2 Å². The Hall–Kier alpha value is 0.310. The van der Waals surface area contributed by atoms with Gasteiger partial charge >= 0.3 is 0 Å². The molecule has 0 aliphatic heterocycles. The third-order valence-electron chi connectivity index (χ3n) is 2.42. The summed E-state index contributed by atoms with van der Waals surface area (Å²) in [5.41, 5.74) is 0. The molecule has 0 saturated heterocycles. The van der Waals surface area contributed by atoms with Gasteiger partial charge in [0.05, 0.1) is 6.10 Å². The molecule has 1 aliphatic rings. The third kappa shape index (κ3) is 2.68. The first-order valence-corrected chi connectivity index (χ1v) is 5.37. The van der Waals surface area contributed by atoms with Crippen LogP contribution < -0.4 is 0 Å². The van der Waals surface area contributed by atoms with Gasteiger partial charge in [-0.25, -0.2) is 0 Å². The predicted molar refractivity (Wildman–Crippen MR) is 50.9 cm³/mol. The van der Waals surface area contributed by atoms with Crippen LogP contribution in [0.1, 0.15) is 33.6 Å². The van der Waals surface area contributed by atoms with Crippen LogP contribution in [0.4, 0.5) is 0 Å². The average molecular weight is 174 g/mol. The molecule has 2 heteroatoms. The van der Waals surface area contributed by atoms with Gasteiger partial charge in [-0.1, -0.05) is 20.8 Å². The molecule has 1 atom stereocenters. The van der Waals surface area contributed by atoms with E-state index in [1.54, 1.807) is 0 Å². The van der Waals surface area contributed by atoms with Gasteiger partial charge < -0.3 is 5.11 Å². The van der Waals surface area contributed by atoms with Crippen LogP contribution in [-0.2, 0) is 0 Å². The van der Waals surface area contributed by atoms with Crippen molar-refractivity contribution in [3.05, 3.63) is 0 Å². The highest BCUT2D eigenvalue weighted by molar-refractivity contribution is 8.00. The van der Waals surface area contributed by atoms with Crippen LogP contribution in [-0.4, -0.2) is 21.7 Å². The third-order valence-corrected chi connectivity index (χ3v) is 4.16. The summed E-state index contributed by atoms with van der Waals surface area (Å²) in [5.74, 6) is 0.762. The molecule has 1 nitrogen and oxygen atoms in total. The second kappa shape index (κ2) is 3.81. The monoisotopic (exact) mass is 174 g/mol. The van der Waals surface area contributed by atoms with Crippen LogP contribution in [0.5, 0.6) is 0 Å². The number of thioether (sulfide) groups is 1. The lowest BCUT2D eigenvalue weighted by Crippen LogP contribution is -2.32. The number of rotatable bonds is 3. The van der Waals surface area contributed by atoms with Crippen molar-refractivity contribution in [1.29, 1.82) is 0 Å². The van der Waals surface area contributed by atoms with Gasteiger partial charge in [-0.15, -0.1) is 0 Å². The van der Waals surface area contributed by atoms with Gasteiger partial charge in [0, 0.05) is 10.5 Å². The number of aliphatic hydroxyl groups is 1. The van der Waals surface area contributed by atoms with E-state index < -0.39 is 0 Å². The Kier molecular flexibility index (Phi) is 3.26. The Morgan fingerprint density at radius 3 is 2.18 bits per heavy atom. The molecule has 66 valence electrons. The van der Waals surface area contributed by atoms with E-state index in [2.05, 4.69) is 20.8 Å². The van der Waals surface area contributed by atoms with Crippen molar-refractivity contribution in [2.75, 3.05) is 0 Å². The van der Waals surface area contributed by atoms with Gasteiger partial charge in [-0.05, 0) is 18.8 Å². The molecule has 0 amide bonds. The van der Waals surface area contributed by atoms with E-state index >= 15 is 0 Å². The first-order valence-electron chi connectivity index (χ1n) is 4.43. The zero-order valence-electron chi connectivity index (χ0n) is 7.58. The van der Waals surface area contributed by atoms with E-state index in [0.717, 1.165) is 29.3 Å². The first-order chi connectivity index (χ1) is 5.09. The largest absolute Gasteiger partial charge is 0.393 e. The van der Waals surface area contributed by atoms with Crippen LogP contribution in [0.2, 0.25) is 0 Å². The fourth-order valence-corrected chi connectivity index (χ4v) is 2.70. The summed E-state index contributed by atoms with van der Waals surface area (Å²) in [6.45, 7) is 6.79. The molecule has 0 aromatic heterocycles. The Bertz CT molecular complexity index is 119. The Labute approximate surface area is 73.6 Å². The van der Waals surface area contributed by atoms with Crippen molar-refractivity contribution in [1.82, 2.24) is 0 Å². The van der Waals surface area contributed by atoms with E-state index in [9.17, 15) is 0 Å². The van der Waals surface area contributed by atoms with Gasteiger partial charge in [-0.3, -0.25) is 0 Å². The zero-order chi connectivity index (χ0) is 8.43. The van der Waals surface area contributed by atoms with Gasteiger partial charge in [0.15, 0.2) is 0 Å². The molecule has 11 heavy (non-hydrogen) atoms. The summed E-state index contributed by atoms with van der Waals surface area (Å²) in [4.78, 5) is 0. The van der Waals surface area contributed by atoms with E-state index in [1.165, 1.54) is 0 Å². The Morgan fingerprint density at radius 2 is 1.82 bits per heavy atom. The van der Waals surface area contributed by atoms with Gasteiger partial charge in [-0.2, -0.15) is 11.8 Å². The van der Waals surface area contributed by atoms with E-state index in [1.807, 2.05) is 11.8 Å². The number of hydrogen-bond donors (Lipinski definition) is 1. The molecule has 1 aliphatic carbocycles. The van der Waals surface area contributed by atoms with Crippen molar-refractivity contribution >= 4 is 11.8 Å². The summed E-state index contributed by atoms with van der Waals surface area (Å²) >= 11 is 2.04. The molecule has 1 N–H and O–H groups in total. The molecule has 1 fully saturated rings. The smallest absolute Gasteiger partial charge is 0.0561 e.